The Morgan fingerprint density at radius 2 is 1.61 bits per heavy atom. The van der Waals surface area contributed by atoms with Gasteiger partial charge >= 0.3 is 0 Å². The second-order valence-electron chi connectivity index (χ2n) is 8.38. The zero-order valence-corrected chi connectivity index (χ0v) is 19.3. The predicted molar refractivity (Wildman–Crippen MR) is 130 cm³/mol. The standard InChI is InChI=1S/C25H31N3O2S/c1-4-20(2)28(24-11-7-10-23(19-24)27-16-14-26(3)15-17-27)31(29,30)25-13-12-21-8-5-6-9-22(21)18-25/h5-13,18-20H,4,14-17H2,1-3H3. The average Bonchev–Trinajstić information content (AvgIpc) is 2.79. The van der Waals surface area contributed by atoms with Crippen LogP contribution in [0.25, 0.3) is 10.8 Å². The smallest absolute Gasteiger partial charge is 0.264 e. The van der Waals surface area contributed by atoms with Gasteiger partial charge in [0, 0.05) is 37.9 Å². The van der Waals surface area contributed by atoms with Crippen LogP contribution >= 0.6 is 0 Å². The van der Waals surface area contributed by atoms with E-state index < -0.39 is 10.0 Å². The van der Waals surface area contributed by atoms with E-state index >= 15 is 0 Å². The molecule has 1 unspecified atom stereocenters. The summed E-state index contributed by atoms with van der Waals surface area (Å²) in [6.45, 7) is 7.91. The number of hydrogen-bond acceptors (Lipinski definition) is 4. The maximum absolute atomic E-state index is 13.8. The second-order valence-corrected chi connectivity index (χ2v) is 10.2. The van der Waals surface area contributed by atoms with E-state index in [1.165, 1.54) is 0 Å². The van der Waals surface area contributed by atoms with Crippen molar-refractivity contribution in [2.45, 2.75) is 31.2 Å². The maximum atomic E-state index is 13.8. The molecule has 1 heterocycles. The molecule has 1 atom stereocenters. The molecule has 0 N–H and O–H groups in total. The summed E-state index contributed by atoms with van der Waals surface area (Å²) >= 11 is 0. The monoisotopic (exact) mass is 437 g/mol. The highest BCUT2D eigenvalue weighted by Gasteiger charge is 2.29. The lowest BCUT2D eigenvalue weighted by Crippen LogP contribution is -2.44. The summed E-state index contributed by atoms with van der Waals surface area (Å²) in [4.78, 5) is 4.98. The molecule has 0 bridgehead atoms. The molecule has 3 aromatic carbocycles. The van der Waals surface area contributed by atoms with Gasteiger partial charge in [0.05, 0.1) is 10.6 Å². The number of hydrogen-bond donors (Lipinski definition) is 0. The molecule has 0 radical (unpaired) electrons. The minimum atomic E-state index is -3.71. The van der Waals surface area contributed by atoms with Gasteiger partial charge in [-0.3, -0.25) is 4.31 Å². The molecule has 0 amide bonds. The molecule has 1 fully saturated rings. The Kier molecular flexibility index (Phi) is 6.21. The first-order valence-corrected chi connectivity index (χ1v) is 12.4. The van der Waals surface area contributed by atoms with Gasteiger partial charge in [-0.2, -0.15) is 0 Å². The minimum Gasteiger partial charge on any atom is -0.369 e. The zero-order valence-electron chi connectivity index (χ0n) is 18.5. The summed E-state index contributed by atoms with van der Waals surface area (Å²) < 4.78 is 29.2. The van der Waals surface area contributed by atoms with Gasteiger partial charge in [0.1, 0.15) is 0 Å². The van der Waals surface area contributed by atoms with Crippen molar-refractivity contribution in [2.24, 2.45) is 0 Å². The van der Waals surface area contributed by atoms with Crippen molar-refractivity contribution in [3.63, 3.8) is 0 Å². The lowest BCUT2D eigenvalue weighted by Gasteiger charge is -2.35. The third-order valence-corrected chi connectivity index (χ3v) is 8.16. The number of fused-ring (bicyclic) bond motifs is 1. The van der Waals surface area contributed by atoms with Crippen LogP contribution in [0, 0.1) is 0 Å². The summed E-state index contributed by atoms with van der Waals surface area (Å²) in [5.41, 5.74) is 1.80. The Balaban J connectivity index is 1.74. The molecule has 0 aromatic heterocycles. The van der Waals surface area contributed by atoms with Crippen molar-refractivity contribution in [1.29, 1.82) is 0 Å². The van der Waals surface area contributed by atoms with E-state index in [1.807, 2.05) is 62.4 Å². The Hall–Kier alpha value is -2.57. The van der Waals surface area contributed by atoms with E-state index in [9.17, 15) is 8.42 Å². The highest BCUT2D eigenvalue weighted by atomic mass is 32.2. The van der Waals surface area contributed by atoms with Crippen LogP contribution in [-0.4, -0.2) is 52.6 Å². The van der Waals surface area contributed by atoms with E-state index in [-0.39, 0.29) is 6.04 Å². The van der Waals surface area contributed by atoms with E-state index in [1.54, 1.807) is 16.4 Å². The molecular formula is C25H31N3O2S. The number of benzene rings is 3. The highest BCUT2D eigenvalue weighted by molar-refractivity contribution is 7.92. The first kappa shape index (κ1) is 21.7. The van der Waals surface area contributed by atoms with E-state index in [0.717, 1.165) is 54.7 Å². The summed E-state index contributed by atoms with van der Waals surface area (Å²) in [5, 5.41) is 1.97. The summed E-state index contributed by atoms with van der Waals surface area (Å²) in [6, 6.07) is 21.1. The highest BCUT2D eigenvalue weighted by Crippen LogP contribution is 2.31. The van der Waals surface area contributed by atoms with Gasteiger partial charge < -0.3 is 9.80 Å². The molecule has 0 spiro atoms. The molecular weight excluding hydrogens is 406 g/mol. The molecule has 1 saturated heterocycles. The van der Waals surface area contributed by atoms with Crippen LogP contribution < -0.4 is 9.21 Å². The Morgan fingerprint density at radius 1 is 0.903 bits per heavy atom. The molecule has 1 aliphatic heterocycles. The Morgan fingerprint density at radius 3 is 2.32 bits per heavy atom. The molecule has 3 aromatic rings. The van der Waals surface area contributed by atoms with Gasteiger partial charge in [0.25, 0.3) is 10.0 Å². The summed E-state index contributed by atoms with van der Waals surface area (Å²) in [7, 11) is -1.57. The van der Waals surface area contributed by atoms with Crippen LogP contribution in [0.15, 0.2) is 71.6 Å². The van der Waals surface area contributed by atoms with E-state index in [2.05, 4.69) is 22.9 Å². The number of rotatable bonds is 6. The SMILES string of the molecule is CCC(C)N(c1cccc(N2CCN(C)CC2)c1)S(=O)(=O)c1ccc2ccccc2c1. The van der Waals surface area contributed by atoms with Gasteiger partial charge in [-0.25, -0.2) is 8.42 Å². The van der Waals surface area contributed by atoms with Crippen molar-refractivity contribution < 1.29 is 8.42 Å². The molecule has 31 heavy (non-hydrogen) atoms. The van der Waals surface area contributed by atoms with Crippen LogP contribution in [-0.2, 0) is 10.0 Å². The largest absolute Gasteiger partial charge is 0.369 e. The number of likely N-dealkylation sites (N-methyl/N-ethyl adjacent to an activating group) is 1. The van der Waals surface area contributed by atoms with Crippen LogP contribution in [0.4, 0.5) is 11.4 Å². The lowest BCUT2D eigenvalue weighted by molar-refractivity contribution is 0.313. The lowest BCUT2D eigenvalue weighted by atomic mass is 10.1. The van der Waals surface area contributed by atoms with E-state index in [4.69, 9.17) is 0 Å². The number of anilines is 2. The second kappa shape index (κ2) is 8.89. The average molecular weight is 438 g/mol. The van der Waals surface area contributed by atoms with Crippen molar-refractivity contribution in [2.75, 3.05) is 42.4 Å². The molecule has 4 rings (SSSR count). The minimum absolute atomic E-state index is 0.154. The molecule has 1 aliphatic rings. The van der Waals surface area contributed by atoms with Gasteiger partial charge in [-0.05, 0) is 61.5 Å². The number of nitrogens with zero attached hydrogens (tertiary/aromatic N) is 3. The Bertz CT molecular complexity index is 1150. The third-order valence-electron chi connectivity index (χ3n) is 6.22. The summed E-state index contributed by atoms with van der Waals surface area (Å²) in [6.07, 6.45) is 0.728. The first-order valence-electron chi connectivity index (χ1n) is 11.0. The normalized spacial score (nSPS) is 16.4. The predicted octanol–water partition coefficient (Wildman–Crippen LogP) is 4.59. The molecule has 5 nitrogen and oxygen atoms in total. The third kappa shape index (κ3) is 4.41. The summed E-state index contributed by atoms with van der Waals surface area (Å²) in [5.74, 6) is 0. The van der Waals surface area contributed by atoms with Crippen molar-refractivity contribution >= 4 is 32.2 Å². The van der Waals surface area contributed by atoms with Gasteiger partial charge in [-0.15, -0.1) is 0 Å². The van der Waals surface area contributed by atoms with Gasteiger partial charge in [0.2, 0.25) is 0 Å². The first-order chi connectivity index (χ1) is 14.9. The number of sulfonamides is 1. The van der Waals surface area contributed by atoms with E-state index in [0.29, 0.717) is 4.90 Å². The number of piperazine rings is 1. The fraction of sp³-hybridized carbons (Fsp3) is 0.360. The van der Waals surface area contributed by atoms with Crippen LogP contribution in [0.2, 0.25) is 0 Å². The quantitative estimate of drug-likeness (QED) is 0.566. The molecule has 6 heteroatoms. The topological polar surface area (TPSA) is 43.9 Å². The van der Waals surface area contributed by atoms with Crippen molar-refractivity contribution in [1.82, 2.24) is 4.90 Å². The van der Waals surface area contributed by atoms with Crippen LogP contribution in [0.5, 0.6) is 0 Å². The maximum Gasteiger partial charge on any atom is 0.264 e. The zero-order chi connectivity index (χ0) is 22.0. The van der Waals surface area contributed by atoms with Crippen molar-refractivity contribution in [3.05, 3.63) is 66.7 Å². The molecule has 0 saturated carbocycles. The van der Waals surface area contributed by atoms with Gasteiger partial charge in [-0.1, -0.05) is 43.3 Å². The van der Waals surface area contributed by atoms with Crippen LogP contribution in [0.1, 0.15) is 20.3 Å². The molecule has 0 aliphatic carbocycles. The van der Waals surface area contributed by atoms with Gasteiger partial charge in [0.15, 0.2) is 0 Å². The Labute approximate surface area is 185 Å². The van der Waals surface area contributed by atoms with Crippen LogP contribution in [0.3, 0.4) is 0 Å². The fourth-order valence-corrected chi connectivity index (χ4v) is 5.89. The molecule has 164 valence electrons. The fourth-order valence-electron chi connectivity index (χ4n) is 4.13. The van der Waals surface area contributed by atoms with Crippen molar-refractivity contribution in [3.8, 4) is 0 Å².